The zero-order valence-corrected chi connectivity index (χ0v) is 18.7. The summed E-state index contributed by atoms with van der Waals surface area (Å²) in [6.45, 7) is 0.151. The van der Waals surface area contributed by atoms with Crippen molar-refractivity contribution in [3.8, 4) is 27.6 Å². The summed E-state index contributed by atoms with van der Waals surface area (Å²) in [6.07, 6.45) is 1.51. The summed E-state index contributed by atoms with van der Waals surface area (Å²) >= 11 is 4.84. The van der Waals surface area contributed by atoms with Crippen molar-refractivity contribution < 1.29 is 9.26 Å². The van der Waals surface area contributed by atoms with Crippen molar-refractivity contribution in [2.24, 2.45) is 0 Å². The van der Waals surface area contributed by atoms with Crippen LogP contribution in [0.5, 0.6) is 5.75 Å². The van der Waals surface area contributed by atoms with Crippen molar-refractivity contribution >= 4 is 37.5 Å². The van der Waals surface area contributed by atoms with E-state index in [4.69, 9.17) is 9.26 Å². The number of thiophene rings is 1. The van der Waals surface area contributed by atoms with E-state index in [9.17, 15) is 4.79 Å². The van der Waals surface area contributed by atoms with E-state index in [1.54, 1.807) is 7.11 Å². The van der Waals surface area contributed by atoms with E-state index in [0.29, 0.717) is 21.9 Å². The maximum absolute atomic E-state index is 13.0. The molecule has 0 unspecified atom stereocenters. The minimum Gasteiger partial charge on any atom is -0.497 e. The molecular weight excluding hydrogens is 480 g/mol. The van der Waals surface area contributed by atoms with Crippen LogP contribution in [0.15, 0.2) is 74.7 Å². The topological polar surface area (TPSA) is 83.0 Å². The van der Waals surface area contributed by atoms with E-state index in [1.165, 1.54) is 22.2 Å². The van der Waals surface area contributed by atoms with Gasteiger partial charge in [0.15, 0.2) is 0 Å². The molecule has 2 aromatic carbocycles. The summed E-state index contributed by atoms with van der Waals surface area (Å²) in [5.74, 6) is 1.59. The highest BCUT2D eigenvalue weighted by Crippen LogP contribution is 2.31. The van der Waals surface area contributed by atoms with Gasteiger partial charge in [-0.3, -0.25) is 9.36 Å². The van der Waals surface area contributed by atoms with Gasteiger partial charge in [0.2, 0.25) is 11.7 Å². The Morgan fingerprint density at radius 3 is 2.74 bits per heavy atom. The Morgan fingerprint density at radius 1 is 1.13 bits per heavy atom. The average molecular weight is 495 g/mol. The van der Waals surface area contributed by atoms with Crippen LogP contribution in [0.3, 0.4) is 0 Å². The van der Waals surface area contributed by atoms with E-state index >= 15 is 0 Å². The van der Waals surface area contributed by atoms with E-state index in [-0.39, 0.29) is 12.1 Å². The van der Waals surface area contributed by atoms with Gasteiger partial charge in [0.1, 0.15) is 17.0 Å². The van der Waals surface area contributed by atoms with Crippen molar-refractivity contribution in [1.82, 2.24) is 19.7 Å². The monoisotopic (exact) mass is 494 g/mol. The molecule has 5 aromatic rings. The van der Waals surface area contributed by atoms with Crippen LogP contribution >= 0.6 is 27.3 Å². The molecular formula is C22H15BrN4O3S. The summed E-state index contributed by atoms with van der Waals surface area (Å²) in [6, 6.07) is 17.3. The molecule has 0 bridgehead atoms. The molecule has 154 valence electrons. The van der Waals surface area contributed by atoms with E-state index in [1.807, 2.05) is 54.6 Å². The van der Waals surface area contributed by atoms with Crippen molar-refractivity contribution in [2.75, 3.05) is 7.11 Å². The van der Waals surface area contributed by atoms with Crippen LogP contribution in [-0.4, -0.2) is 26.8 Å². The molecule has 0 aliphatic rings. The summed E-state index contributed by atoms with van der Waals surface area (Å²) in [5, 5.41) is 4.02. The lowest BCUT2D eigenvalue weighted by Crippen LogP contribution is -2.20. The molecule has 0 aliphatic heterocycles. The summed E-state index contributed by atoms with van der Waals surface area (Å²) in [7, 11) is 1.63. The van der Waals surface area contributed by atoms with Gasteiger partial charge in [-0.05, 0) is 48.0 Å². The summed E-state index contributed by atoms with van der Waals surface area (Å²) in [4.78, 5) is 22.8. The number of fused-ring (bicyclic) bond motifs is 1. The molecule has 3 aromatic heterocycles. The van der Waals surface area contributed by atoms with Gasteiger partial charge in [-0.15, -0.1) is 11.3 Å². The average Bonchev–Trinajstić information content (AvgIpc) is 3.44. The molecule has 0 fully saturated rings. The molecule has 3 heterocycles. The quantitative estimate of drug-likeness (QED) is 0.342. The summed E-state index contributed by atoms with van der Waals surface area (Å²) < 4.78 is 13.5. The lowest BCUT2D eigenvalue weighted by molar-refractivity contribution is 0.369. The lowest BCUT2D eigenvalue weighted by atomic mass is 10.2. The number of rotatable bonds is 5. The first-order chi connectivity index (χ1) is 15.1. The largest absolute Gasteiger partial charge is 0.497 e. The van der Waals surface area contributed by atoms with Gasteiger partial charge in [0.05, 0.1) is 19.0 Å². The smallest absolute Gasteiger partial charge is 0.271 e. The molecule has 0 aliphatic carbocycles. The fraction of sp³-hybridized carbons (Fsp3) is 0.0909. The lowest BCUT2D eigenvalue weighted by Gasteiger charge is -2.00. The number of methoxy groups -OCH3 is 1. The fourth-order valence-corrected chi connectivity index (χ4v) is 4.63. The van der Waals surface area contributed by atoms with Crippen LogP contribution in [0.25, 0.3) is 32.0 Å². The number of nitrogens with zero attached hydrogens (tertiary/aromatic N) is 4. The first-order valence-electron chi connectivity index (χ1n) is 9.32. The fourth-order valence-electron chi connectivity index (χ4n) is 3.17. The minimum absolute atomic E-state index is 0.142. The Bertz CT molecular complexity index is 1440. The molecule has 0 amide bonds. The Balaban J connectivity index is 1.44. The molecule has 5 rings (SSSR count). The highest BCUT2D eigenvalue weighted by Gasteiger charge is 2.14. The number of hydrogen-bond acceptors (Lipinski definition) is 7. The van der Waals surface area contributed by atoms with E-state index in [2.05, 4.69) is 31.1 Å². The predicted octanol–water partition coefficient (Wildman–Crippen LogP) is 4.99. The van der Waals surface area contributed by atoms with Crippen LogP contribution in [0, 0.1) is 0 Å². The molecule has 0 atom stereocenters. The molecule has 0 saturated heterocycles. The van der Waals surface area contributed by atoms with Crippen molar-refractivity contribution in [3.05, 3.63) is 81.6 Å². The normalized spacial score (nSPS) is 11.2. The molecule has 9 heteroatoms. The second-order valence-corrected chi connectivity index (χ2v) is 8.72. The minimum atomic E-state index is -0.142. The van der Waals surface area contributed by atoms with Gasteiger partial charge in [-0.25, -0.2) is 4.98 Å². The van der Waals surface area contributed by atoms with Crippen LogP contribution in [0.4, 0.5) is 0 Å². The number of aromatic nitrogens is 4. The molecule has 7 nitrogen and oxygen atoms in total. The number of halogens is 1. The van der Waals surface area contributed by atoms with Gasteiger partial charge in [-0.1, -0.05) is 33.2 Å². The second-order valence-electron chi connectivity index (χ2n) is 6.75. The van der Waals surface area contributed by atoms with Gasteiger partial charge in [0.25, 0.3) is 5.56 Å². The van der Waals surface area contributed by atoms with Gasteiger partial charge >= 0.3 is 0 Å². The first kappa shape index (κ1) is 19.7. The van der Waals surface area contributed by atoms with Crippen molar-refractivity contribution in [2.45, 2.75) is 6.54 Å². The number of hydrogen-bond donors (Lipinski definition) is 0. The third-order valence-electron chi connectivity index (χ3n) is 4.73. The first-order valence-corrected chi connectivity index (χ1v) is 10.9. The molecule has 31 heavy (non-hydrogen) atoms. The van der Waals surface area contributed by atoms with Gasteiger partial charge in [-0.2, -0.15) is 4.98 Å². The number of ether oxygens (including phenoxy) is 1. The van der Waals surface area contributed by atoms with Crippen LogP contribution in [-0.2, 0) is 6.54 Å². The number of benzene rings is 2. The molecule has 0 saturated carbocycles. The Hall–Kier alpha value is -3.30. The van der Waals surface area contributed by atoms with E-state index < -0.39 is 0 Å². The zero-order valence-electron chi connectivity index (χ0n) is 16.3. The standard InChI is InChI=1S/C22H15BrN4O3S/c1-29-16-7-5-13(6-8-16)18-10-17-20(31-18)22(28)27(12-24-17)11-19-25-21(26-30-19)14-3-2-4-15(23)9-14/h2-10,12H,11H2,1H3. The van der Waals surface area contributed by atoms with Gasteiger partial charge < -0.3 is 9.26 Å². The predicted molar refractivity (Wildman–Crippen MR) is 122 cm³/mol. The highest BCUT2D eigenvalue weighted by molar-refractivity contribution is 9.10. The second kappa shape index (κ2) is 8.09. The van der Waals surface area contributed by atoms with Crippen molar-refractivity contribution in [1.29, 1.82) is 0 Å². The maximum atomic E-state index is 13.0. The zero-order chi connectivity index (χ0) is 21.4. The van der Waals surface area contributed by atoms with Crippen LogP contribution in [0.2, 0.25) is 0 Å². The maximum Gasteiger partial charge on any atom is 0.271 e. The molecule has 0 N–H and O–H groups in total. The van der Waals surface area contributed by atoms with Crippen LogP contribution in [0.1, 0.15) is 5.89 Å². The Kier molecular flexibility index (Phi) is 5.13. The van der Waals surface area contributed by atoms with Gasteiger partial charge in [0, 0.05) is 14.9 Å². The van der Waals surface area contributed by atoms with Crippen molar-refractivity contribution in [3.63, 3.8) is 0 Å². The Labute approximate surface area is 189 Å². The van der Waals surface area contributed by atoms with Crippen LogP contribution < -0.4 is 10.3 Å². The molecule has 0 spiro atoms. The molecule has 0 radical (unpaired) electrons. The third-order valence-corrected chi connectivity index (χ3v) is 6.39. The third kappa shape index (κ3) is 3.89. The summed E-state index contributed by atoms with van der Waals surface area (Å²) in [5.41, 5.74) is 2.35. The Morgan fingerprint density at radius 2 is 1.97 bits per heavy atom. The highest BCUT2D eigenvalue weighted by atomic mass is 79.9. The van der Waals surface area contributed by atoms with E-state index in [0.717, 1.165) is 26.2 Å². The SMILES string of the molecule is COc1ccc(-c2cc3ncn(Cc4nc(-c5cccc(Br)c5)no4)c(=O)c3s2)cc1.